The zero-order chi connectivity index (χ0) is 11.6. The fourth-order valence-corrected chi connectivity index (χ4v) is 1.90. The number of benzene rings is 1. The minimum Gasteiger partial charge on any atom is -0.509 e. The highest BCUT2D eigenvalue weighted by Gasteiger charge is 2.32. The Kier molecular flexibility index (Phi) is 2.84. The first-order valence-electron chi connectivity index (χ1n) is 5.36. The van der Waals surface area contributed by atoms with E-state index in [0.29, 0.717) is 6.42 Å². The Morgan fingerprint density at radius 2 is 1.88 bits per heavy atom. The summed E-state index contributed by atoms with van der Waals surface area (Å²) < 4.78 is 5.38. The van der Waals surface area contributed by atoms with Gasteiger partial charge in [0.25, 0.3) is 0 Å². The highest BCUT2D eigenvalue weighted by Crippen LogP contribution is 2.35. The second-order valence-electron chi connectivity index (χ2n) is 4.22. The van der Waals surface area contributed by atoms with Crippen molar-refractivity contribution in [3.63, 3.8) is 0 Å². The largest absolute Gasteiger partial charge is 0.509 e. The van der Waals surface area contributed by atoms with E-state index in [4.69, 9.17) is 4.74 Å². The van der Waals surface area contributed by atoms with Crippen molar-refractivity contribution in [3.8, 4) is 0 Å². The summed E-state index contributed by atoms with van der Waals surface area (Å²) in [5, 5.41) is 9.78. The van der Waals surface area contributed by atoms with Crippen LogP contribution in [0.5, 0.6) is 0 Å². The fourth-order valence-electron chi connectivity index (χ4n) is 1.90. The summed E-state index contributed by atoms with van der Waals surface area (Å²) in [6.45, 7) is 1.90. The van der Waals surface area contributed by atoms with Crippen LogP contribution in [0.3, 0.4) is 0 Å². The molecule has 0 bridgehead atoms. The summed E-state index contributed by atoms with van der Waals surface area (Å²) in [7, 11) is 1.62. The van der Waals surface area contributed by atoms with Gasteiger partial charge in [-0.2, -0.15) is 0 Å². The fraction of sp³-hybridized carbons (Fsp3) is 0.286. The molecule has 1 atom stereocenters. The molecule has 1 N–H and O–H groups in total. The lowest BCUT2D eigenvalue weighted by Gasteiger charge is -2.31. The molecule has 1 unspecified atom stereocenters. The van der Waals surface area contributed by atoms with Gasteiger partial charge in [-0.1, -0.05) is 36.4 Å². The van der Waals surface area contributed by atoms with Gasteiger partial charge in [-0.25, -0.2) is 0 Å². The standard InChI is InChI=1S/C14H16O2/c1-14(16-2)10-12(8-9-13(14)15)11-6-4-3-5-7-11/h3-9,15H,10H2,1-2H3. The average Bonchev–Trinajstić information content (AvgIpc) is 2.34. The van der Waals surface area contributed by atoms with Gasteiger partial charge in [-0.3, -0.25) is 0 Å². The van der Waals surface area contributed by atoms with Gasteiger partial charge in [0, 0.05) is 13.5 Å². The average molecular weight is 216 g/mol. The van der Waals surface area contributed by atoms with Crippen LogP contribution < -0.4 is 0 Å². The molecule has 0 aromatic heterocycles. The van der Waals surface area contributed by atoms with Gasteiger partial charge in [-0.05, 0) is 24.1 Å². The van der Waals surface area contributed by atoms with Crippen LogP contribution in [-0.4, -0.2) is 17.8 Å². The molecule has 1 aliphatic carbocycles. The van der Waals surface area contributed by atoms with Crippen LogP contribution in [0.4, 0.5) is 0 Å². The Balaban J connectivity index is 2.34. The van der Waals surface area contributed by atoms with Crippen LogP contribution in [0.2, 0.25) is 0 Å². The summed E-state index contributed by atoms with van der Waals surface area (Å²) in [6, 6.07) is 10.2. The lowest BCUT2D eigenvalue weighted by Crippen LogP contribution is -2.31. The van der Waals surface area contributed by atoms with Crippen LogP contribution in [0.15, 0.2) is 48.2 Å². The van der Waals surface area contributed by atoms with E-state index < -0.39 is 5.60 Å². The molecule has 0 saturated carbocycles. The molecule has 0 spiro atoms. The van der Waals surface area contributed by atoms with Crippen LogP contribution in [0.1, 0.15) is 18.9 Å². The lowest BCUT2D eigenvalue weighted by molar-refractivity contribution is 0.00779. The van der Waals surface area contributed by atoms with E-state index in [1.807, 2.05) is 31.2 Å². The first kappa shape index (κ1) is 11.0. The van der Waals surface area contributed by atoms with E-state index in [-0.39, 0.29) is 5.76 Å². The molecule has 2 nitrogen and oxygen atoms in total. The predicted octanol–water partition coefficient (Wildman–Crippen LogP) is 3.32. The molecule has 0 amide bonds. The number of methoxy groups -OCH3 is 1. The van der Waals surface area contributed by atoms with Crippen molar-refractivity contribution in [2.75, 3.05) is 7.11 Å². The molecule has 0 fully saturated rings. The van der Waals surface area contributed by atoms with Gasteiger partial charge >= 0.3 is 0 Å². The van der Waals surface area contributed by atoms with Crippen molar-refractivity contribution in [1.29, 1.82) is 0 Å². The van der Waals surface area contributed by atoms with E-state index in [1.54, 1.807) is 13.2 Å². The third-order valence-corrected chi connectivity index (χ3v) is 3.11. The maximum atomic E-state index is 9.78. The molecular formula is C14H16O2. The van der Waals surface area contributed by atoms with E-state index in [1.165, 1.54) is 11.1 Å². The second-order valence-corrected chi connectivity index (χ2v) is 4.22. The highest BCUT2D eigenvalue weighted by atomic mass is 16.5. The number of hydrogen-bond acceptors (Lipinski definition) is 2. The van der Waals surface area contributed by atoms with Crippen LogP contribution in [0, 0.1) is 0 Å². The number of hydrogen-bond donors (Lipinski definition) is 1. The van der Waals surface area contributed by atoms with Crippen LogP contribution >= 0.6 is 0 Å². The highest BCUT2D eigenvalue weighted by molar-refractivity contribution is 5.70. The van der Waals surface area contributed by atoms with Crippen molar-refractivity contribution >= 4 is 5.57 Å². The first-order valence-corrected chi connectivity index (χ1v) is 5.36. The second kappa shape index (κ2) is 4.14. The zero-order valence-corrected chi connectivity index (χ0v) is 9.60. The van der Waals surface area contributed by atoms with Gasteiger partial charge in [0.1, 0.15) is 11.4 Å². The lowest BCUT2D eigenvalue weighted by atomic mass is 9.86. The number of ether oxygens (including phenoxy) is 1. The molecular weight excluding hydrogens is 200 g/mol. The van der Waals surface area contributed by atoms with Crippen LogP contribution in [0.25, 0.3) is 5.57 Å². The Hall–Kier alpha value is -1.54. The minimum atomic E-state index is -0.597. The number of allylic oxidation sites excluding steroid dienone is 2. The van der Waals surface area contributed by atoms with Crippen molar-refractivity contribution < 1.29 is 9.84 Å². The molecule has 16 heavy (non-hydrogen) atoms. The molecule has 0 aliphatic heterocycles. The van der Waals surface area contributed by atoms with E-state index in [9.17, 15) is 5.11 Å². The minimum absolute atomic E-state index is 0.287. The Bertz CT molecular complexity index is 431. The first-order chi connectivity index (χ1) is 7.65. The molecule has 2 rings (SSSR count). The predicted molar refractivity (Wildman–Crippen MR) is 65.2 cm³/mol. The molecule has 1 aromatic carbocycles. The summed E-state index contributed by atoms with van der Waals surface area (Å²) >= 11 is 0. The molecule has 0 saturated heterocycles. The van der Waals surface area contributed by atoms with Gasteiger partial charge in [0.15, 0.2) is 0 Å². The quantitative estimate of drug-likeness (QED) is 0.821. The van der Waals surface area contributed by atoms with E-state index >= 15 is 0 Å². The van der Waals surface area contributed by atoms with Crippen molar-refractivity contribution in [2.45, 2.75) is 18.9 Å². The van der Waals surface area contributed by atoms with Gasteiger partial charge in [0.2, 0.25) is 0 Å². The van der Waals surface area contributed by atoms with Crippen LogP contribution in [-0.2, 0) is 4.74 Å². The zero-order valence-electron chi connectivity index (χ0n) is 9.60. The molecule has 84 valence electrons. The third kappa shape index (κ3) is 1.89. The van der Waals surface area contributed by atoms with E-state index in [0.717, 1.165) is 0 Å². The Morgan fingerprint density at radius 3 is 2.50 bits per heavy atom. The Labute approximate surface area is 95.9 Å². The molecule has 0 radical (unpaired) electrons. The van der Waals surface area contributed by atoms with Crippen molar-refractivity contribution in [3.05, 3.63) is 53.8 Å². The monoisotopic (exact) mass is 216 g/mol. The number of aliphatic hydroxyl groups excluding tert-OH is 1. The topological polar surface area (TPSA) is 29.5 Å². The summed E-state index contributed by atoms with van der Waals surface area (Å²) in [4.78, 5) is 0. The number of rotatable bonds is 2. The smallest absolute Gasteiger partial charge is 0.126 e. The summed E-state index contributed by atoms with van der Waals surface area (Å²) in [5.41, 5.74) is 1.76. The molecule has 0 heterocycles. The number of aliphatic hydroxyl groups is 1. The van der Waals surface area contributed by atoms with Crippen molar-refractivity contribution in [1.82, 2.24) is 0 Å². The molecule has 1 aliphatic rings. The molecule has 2 heteroatoms. The molecule has 1 aromatic rings. The van der Waals surface area contributed by atoms with Gasteiger partial charge in [-0.15, -0.1) is 0 Å². The maximum absolute atomic E-state index is 9.78. The third-order valence-electron chi connectivity index (χ3n) is 3.11. The normalized spacial score (nSPS) is 24.9. The summed E-state index contributed by atoms with van der Waals surface area (Å²) in [5.74, 6) is 0.287. The summed E-state index contributed by atoms with van der Waals surface area (Å²) in [6.07, 6.45) is 4.36. The van der Waals surface area contributed by atoms with E-state index in [2.05, 4.69) is 12.1 Å². The van der Waals surface area contributed by atoms with Gasteiger partial charge in [0.05, 0.1) is 0 Å². The van der Waals surface area contributed by atoms with Crippen molar-refractivity contribution in [2.24, 2.45) is 0 Å². The SMILES string of the molecule is COC1(C)CC(c2ccccc2)=CC=C1O. The maximum Gasteiger partial charge on any atom is 0.126 e. The van der Waals surface area contributed by atoms with Gasteiger partial charge < -0.3 is 9.84 Å². The Morgan fingerprint density at radius 1 is 1.19 bits per heavy atom.